The Labute approximate surface area is 542 Å². The predicted octanol–water partition coefficient (Wildman–Crippen LogP) is -3.30. The first kappa shape index (κ1) is 71.2. The summed E-state index contributed by atoms with van der Waals surface area (Å²) in [5.74, 6) is -5.10. The van der Waals surface area contributed by atoms with Crippen molar-refractivity contribution in [3.05, 3.63) is 118 Å². The van der Waals surface area contributed by atoms with E-state index in [1.54, 1.807) is 0 Å². The van der Waals surface area contributed by atoms with Crippen molar-refractivity contribution in [3.63, 3.8) is 0 Å². The molecule has 0 aliphatic carbocycles. The number of benzene rings is 4. The fourth-order valence-electron chi connectivity index (χ4n) is 11.1. The van der Waals surface area contributed by atoms with Gasteiger partial charge in [-0.25, -0.2) is 9.59 Å². The average Bonchev–Trinajstić information content (AvgIpc) is 0.763. The Balaban J connectivity index is 1.06. The minimum absolute atomic E-state index is 0.0596. The number of aromatic hydroxyl groups is 4. The zero-order chi connectivity index (χ0) is 69.1. The fourth-order valence-corrected chi connectivity index (χ4v) is 11.1. The van der Waals surface area contributed by atoms with E-state index in [4.69, 9.17) is 61.3 Å². The van der Waals surface area contributed by atoms with Crippen molar-refractivity contribution in [2.45, 2.75) is 167 Å². The number of rotatable bonds is 20. The summed E-state index contributed by atoms with van der Waals surface area (Å²) in [7, 11) is 0. The molecule has 5 aromatic rings. The van der Waals surface area contributed by atoms with Gasteiger partial charge in [-0.05, 0) is 85.7 Å². The Bertz CT molecular complexity index is 3570. The van der Waals surface area contributed by atoms with E-state index < -0.39 is 219 Å². The monoisotopic (exact) mass is 1360 g/mol. The molecule has 0 saturated carbocycles. The Morgan fingerprint density at radius 3 is 1.39 bits per heavy atom. The van der Waals surface area contributed by atoms with Gasteiger partial charge in [-0.1, -0.05) is 24.3 Å². The standard InChI is InChI=1S/C63H72O33/c1-24-41(71)46(76)50(80)59(86-24)88-32-19-33(68)40-34(20-32)89-55(28-9-15-31(67)16-10-28)56(45(40)75)94-63-58(96-62-53(83)49(79)44(74)37(92-62)23-85-39(70)18-8-27-5-13-30(66)14-6-27)57(54(25(2)87-63)93-60-51(81)47(77)42(72)35(21-64)90-60)95-61-52(82)48(78)43(73)36(91-61)22-84-38(69)17-7-26-3-11-29(65)12-4-26/h3-20,24-25,35-37,41-44,46-54,57-68,71-74,76-83H,21-23H2,1-2H3/b17-7+,18-8+/t24-,25-,35+,36+,37+,41-,42+,43+,44+,46+,47-,48-,49-,50+,51+,52+,53+,54-,57+,58+,59-,60-,61-,62-,63-/m0/s1. The molecule has 0 radical (unpaired) electrons. The molecule has 522 valence electrons. The highest BCUT2D eigenvalue weighted by atomic mass is 16.8. The fraction of sp³-hybridized carbons (Fsp3) is 0.476. The van der Waals surface area contributed by atoms with Crippen LogP contribution < -0.4 is 14.9 Å². The average molecular weight is 1360 g/mol. The van der Waals surface area contributed by atoms with Crippen LogP contribution in [-0.4, -0.2) is 272 Å². The number of phenols is 4. The summed E-state index contributed by atoms with van der Waals surface area (Å²) in [6.07, 6.45) is -45.1. The molecule has 33 nitrogen and oxygen atoms in total. The van der Waals surface area contributed by atoms with Crippen LogP contribution in [-0.2, 0) is 57.0 Å². The van der Waals surface area contributed by atoms with E-state index in [9.17, 15) is 96.4 Å². The molecule has 25 atom stereocenters. The summed E-state index contributed by atoms with van der Waals surface area (Å²) in [6, 6.07) is 18.1. The molecule has 0 spiro atoms. The summed E-state index contributed by atoms with van der Waals surface area (Å²) >= 11 is 0. The zero-order valence-electron chi connectivity index (χ0n) is 50.6. The number of esters is 2. The van der Waals surface area contributed by atoms with Crippen molar-refractivity contribution >= 4 is 35.1 Å². The molecule has 1 aromatic heterocycles. The van der Waals surface area contributed by atoms with Crippen molar-refractivity contribution < 1.29 is 158 Å². The number of ether oxygens (including phenoxy) is 12. The highest BCUT2D eigenvalue weighted by molar-refractivity contribution is 5.89. The highest BCUT2D eigenvalue weighted by Crippen LogP contribution is 2.42. The highest BCUT2D eigenvalue weighted by Gasteiger charge is 2.58. The lowest BCUT2D eigenvalue weighted by molar-refractivity contribution is -0.400. The first-order valence-electron chi connectivity index (χ1n) is 30.0. The van der Waals surface area contributed by atoms with Crippen molar-refractivity contribution in [1.82, 2.24) is 0 Å². The van der Waals surface area contributed by atoms with Crippen molar-refractivity contribution in [3.8, 4) is 45.8 Å². The topological polar surface area (TPSA) is 519 Å². The van der Waals surface area contributed by atoms with Gasteiger partial charge in [0.1, 0.15) is 157 Å². The lowest BCUT2D eigenvalue weighted by Crippen LogP contribution is -2.68. The SMILES string of the molecule is C[C@@H]1O[C@@H](Oc2cc(O)c3c(=O)c(O[C@@H]4O[C@@H](C)[C@H](O[C@@H]5O[C@H](CO)[C@@H](O)[C@H](O)[C@H]5O)[C@@H](O[C@@H]5O[C@H](COC(=O)/C=C/c6ccc(O)cc6)[C@@H](O)[C@H](O)[C@H]5O)[C@H]4O[C@@H]4O[C@H](COC(=O)/C=C/c5ccc(O)cc5)[C@@H](O)[C@H](O)[C@H]4O)c(-c4ccc(O)cc4)oc3c2)[C@H](O)[C@H](O)[C@H]1O. The number of carbonyl (C=O) groups is 2. The van der Waals surface area contributed by atoms with Crippen LogP contribution in [0.5, 0.6) is 34.5 Å². The molecule has 6 heterocycles. The van der Waals surface area contributed by atoms with Gasteiger partial charge in [-0.2, -0.15) is 0 Å². The van der Waals surface area contributed by atoms with Gasteiger partial charge in [0.15, 0.2) is 30.7 Å². The number of fused-ring (bicyclic) bond motifs is 1. The molecule has 0 bridgehead atoms. The van der Waals surface area contributed by atoms with E-state index in [0.717, 1.165) is 24.3 Å². The second-order valence-corrected chi connectivity index (χ2v) is 23.2. The Morgan fingerprint density at radius 1 is 0.458 bits per heavy atom. The molecule has 4 aromatic carbocycles. The summed E-state index contributed by atoms with van der Waals surface area (Å²) in [6.45, 7) is -0.0978. The first-order valence-corrected chi connectivity index (χ1v) is 30.0. The van der Waals surface area contributed by atoms with Crippen LogP contribution >= 0.6 is 0 Å². The van der Waals surface area contributed by atoms with Crippen LogP contribution in [0, 0.1) is 0 Å². The summed E-state index contributed by atoms with van der Waals surface area (Å²) < 4.78 is 78.3. The largest absolute Gasteiger partial charge is 0.508 e. The van der Waals surface area contributed by atoms with E-state index in [1.165, 1.54) is 98.8 Å². The van der Waals surface area contributed by atoms with Crippen LogP contribution in [0.2, 0.25) is 0 Å². The predicted molar refractivity (Wildman–Crippen MR) is 317 cm³/mol. The molecule has 33 heteroatoms. The van der Waals surface area contributed by atoms with E-state index in [1.807, 2.05) is 0 Å². The summed E-state index contributed by atoms with van der Waals surface area (Å²) in [5, 5.41) is 185. The van der Waals surface area contributed by atoms with E-state index in [0.29, 0.717) is 11.1 Å². The number of hydrogen-bond donors (Lipinski definition) is 17. The Kier molecular flexibility index (Phi) is 22.6. The lowest BCUT2D eigenvalue weighted by Gasteiger charge is -2.50. The van der Waals surface area contributed by atoms with E-state index >= 15 is 4.79 Å². The van der Waals surface area contributed by atoms with Gasteiger partial charge in [0.2, 0.25) is 23.8 Å². The molecule has 5 fully saturated rings. The number of aliphatic hydroxyl groups is 13. The van der Waals surface area contributed by atoms with Gasteiger partial charge < -0.3 is 148 Å². The van der Waals surface area contributed by atoms with Crippen molar-refractivity contribution in [2.24, 2.45) is 0 Å². The molecule has 10 rings (SSSR count). The first-order chi connectivity index (χ1) is 45.7. The Hall–Kier alpha value is -7.53. The van der Waals surface area contributed by atoms with E-state index in [2.05, 4.69) is 0 Å². The van der Waals surface area contributed by atoms with Crippen LogP contribution in [0.1, 0.15) is 25.0 Å². The maximum atomic E-state index is 15.3. The van der Waals surface area contributed by atoms with Gasteiger partial charge in [0, 0.05) is 29.8 Å². The maximum Gasteiger partial charge on any atom is 0.330 e. The van der Waals surface area contributed by atoms with E-state index in [-0.39, 0.29) is 28.6 Å². The third-order valence-electron chi connectivity index (χ3n) is 16.5. The molecular weight excluding hydrogens is 1280 g/mol. The lowest BCUT2D eigenvalue weighted by atomic mass is 9.95. The summed E-state index contributed by atoms with van der Waals surface area (Å²) in [5.41, 5.74) is -0.858. The maximum absolute atomic E-state index is 15.3. The summed E-state index contributed by atoms with van der Waals surface area (Å²) in [4.78, 5) is 41.4. The number of phenolic OH excluding ortho intramolecular Hbond substituents is 4. The molecule has 5 aliphatic rings. The molecule has 5 saturated heterocycles. The van der Waals surface area contributed by atoms with Crippen LogP contribution in [0.3, 0.4) is 0 Å². The molecule has 5 aliphatic heterocycles. The van der Waals surface area contributed by atoms with Gasteiger partial charge in [-0.3, -0.25) is 4.79 Å². The number of aliphatic hydroxyl groups excluding tert-OH is 13. The third kappa shape index (κ3) is 15.7. The molecule has 0 unspecified atom stereocenters. The third-order valence-corrected chi connectivity index (χ3v) is 16.5. The quantitative estimate of drug-likeness (QED) is 0.0268. The van der Waals surface area contributed by atoms with Crippen molar-refractivity contribution in [2.75, 3.05) is 19.8 Å². The zero-order valence-corrected chi connectivity index (χ0v) is 50.6. The molecular formula is C63H72O33. The second kappa shape index (κ2) is 30.5. The minimum Gasteiger partial charge on any atom is -0.508 e. The number of hydrogen-bond acceptors (Lipinski definition) is 33. The van der Waals surface area contributed by atoms with Gasteiger partial charge in [0.05, 0.1) is 18.8 Å². The van der Waals surface area contributed by atoms with Gasteiger partial charge in [0.25, 0.3) is 0 Å². The van der Waals surface area contributed by atoms with Gasteiger partial charge in [-0.15, -0.1) is 0 Å². The molecule has 96 heavy (non-hydrogen) atoms. The van der Waals surface area contributed by atoms with Crippen LogP contribution in [0.15, 0.2) is 106 Å². The van der Waals surface area contributed by atoms with Crippen LogP contribution in [0.4, 0.5) is 0 Å². The van der Waals surface area contributed by atoms with Crippen molar-refractivity contribution in [1.29, 1.82) is 0 Å². The normalized spacial score (nSPS) is 35.8. The molecule has 0 amide bonds. The second-order valence-electron chi connectivity index (χ2n) is 23.2. The smallest absolute Gasteiger partial charge is 0.330 e. The van der Waals surface area contributed by atoms with Gasteiger partial charge >= 0.3 is 11.9 Å². The van der Waals surface area contributed by atoms with Crippen LogP contribution in [0.25, 0.3) is 34.4 Å². The minimum atomic E-state index is -2.34. The molecule has 17 N–H and O–H groups in total. The Morgan fingerprint density at radius 2 is 0.885 bits per heavy atom. The number of carbonyl (C=O) groups excluding carboxylic acids is 2.